The minimum absolute atomic E-state index is 0.133. The number of hydrogen-bond acceptors (Lipinski definition) is 3. The van der Waals surface area contributed by atoms with E-state index in [1.165, 1.54) is 0 Å². The second-order valence-corrected chi connectivity index (χ2v) is 3.08. The van der Waals surface area contributed by atoms with Gasteiger partial charge in [0.2, 0.25) is 0 Å². The lowest BCUT2D eigenvalue weighted by atomic mass is 10.1. The fraction of sp³-hybridized carbons (Fsp3) is 0.222. The Morgan fingerprint density at radius 3 is 2.38 bits per heavy atom. The predicted molar refractivity (Wildman–Crippen MR) is 54.2 cm³/mol. The van der Waals surface area contributed by atoms with Crippen LogP contribution in [-0.4, -0.2) is 16.8 Å². The van der Waals surface area contributed by atoms with Crippen LogP contribution < -0.4 is 5.73 Å². The molecule has 3 nitrogen and oxygen atoms in total. The third kappa shape index (κ3) is 2.47. The highest BCUT2D eigenvalue weighted by Crippen LogP contribution is 2.12. The van der Waals surface area contributed by atoms with Crippen molar-refractivity contribution in [1.29, 1.82) is 0 Å². The average Bonchev–Trinajstić information content (AvgIpc) is 2.17. The molecule has 1 atom stereocenters. The summed E-state index contributed by atoms with van der Waals surface area (Å²) in [5, 5.41) is 8.63. The standard InChI is InChI=1S/C9H11NO2S/c10-8(5-13)6-1-3-7(4-2-6)9(11)12/h1-4,8,13H,5,10H2,(H,11,12). The summed E-state index contributed by atoms with van der Waals surface area (Å²) in [4.78, 5) is 10.5. The molecule has 1 rings (SSSR count). The number of carboxylic acids is 1. The van der Waals surface area contributed by atoms with Crippen LogP contribution in [0.4, 0.5) is 0 Å². The van der Waals surface area contributed by atoms with Crippen LogP contribution in [0.5, 0.6) is 0 Å². The maximum absolute atomic E-state index is 10.5. The van der Waals surface area contributed by atoms with Crippen molar-refractivity contribution in [2.75, 3.05) is 5.75 Å². The summed E-state index contributed by atoms with van der Waals surface area (Å²) in [7, 11) is 0. The highest BCUT2D eigenvalue weighted by atomic mass is 32.1. The van der Waals surface area contributed by atoms with Crippen molar-refractivity contribution in [1.82, 2.24) is 0 Å². The molecule has 0 aliphatic carbocycles. The van der Waals surface area contributed by atoms with Gasteiger partial charge < -0.3 is 10.8 Å². The summed E-state index contributed by atoms with van der Waals surface area (Å²) in [6, 6.07) is 6.38. The second kappa shape index (κ2) is 4.30. The third-order valence-electron chi connectivity index (χ3n) is 1.78. The summed E-state index contributed by atoms with van der Waals surface area (Å²) in [6.45, 7) is 0. The summed E-state index contributed by atoms with van der Waals surface area (Å²) in [6.07, 6.45) is 0. The van der Waals surface area contributed by atoms with Crippen LogP contribution in [-0.2, 0) is 0 Å². The molecule has 4 heteroatoms. The fourth-order valence-corrected chi connectivity index (χ4v) is 1.19. The van der Waals surface area contributed by atoms with E-state index in [0.29, 0.717) is 5.75 Å². The van der Waals surface area contributed by atoms with Gasteiger partial charge in [-0.15, -0.1) is 0 Å². The first-order valence-corrected chi connectivity index (χ1v) is 4.48. The lowest BCUT2D eigenvalue weighted by molar-refractivity contribution is 0.0697. The number of thiol groups is 1. The number of carboxylic acid groups (broad SMARTS) is 1. The third-order valence-corrected chi connectivity index (χ3v) is 2.18. The first kappa shape index (κ1) is 10.1. The molecule has 0 bridgehead atoms. The quantitative estimate of drug-likeness (QED) is 0.640. The molecule has 0 aliphatic rings. The number of aromatic carboxylic acids is 1. The zero-order chi connectivity index (χ0) is 9.84. The van der Waals surface area contributed by atoms with Gasteiger partial charge in [-0.3, -0.25) is 0 Å². The molecule has 1 unspecified atom stereocenters. The molecule has 0 spiro atoms. The van der Waals surface area contributed by atoms with E-state index in [2.05, 4.69) is 12.6 Å². The van der Waals surface area contributed by atoms with Crippen LogP contribution in [0, 0.1) is 0 Å². The SMILES string of the molecule is NC(CS)c1ccc(C(=O)O)cc1. The van der Waals surface area contributed by atoms with Gasteiger partial charge in [-0.2, -0.15) is 12.6 Å². The van der Waals surface area contributed by atoms with Crippen molar-refractivity contribution >= 4 is 18.6 Å². The van der Waals surface area contributed by atoms with Crippen molar-refractivity contribution in [3.8, 4) is 0 Å². The molecule has 0 saturated heterocycles. The first-order valence-electron chi connectivity index (χ1n) is 3.85. The van der Waals surface area contributed by atoms with Crippen molar-refractivity contribution in [3.05, 3.63) is 35.4 Å². The molecule has 3 N–H and O–H groups in total. The van der Waals surface area contributed by atoms with Gasteiger partial charge in [-0.05, 0) is 17.7 Å². The van der Waals surface area contributed by atoms with Crippen molar-refractivity contribution in [2.24, 2.45) is 5.73 Å². The van der Waals surface area contributed by atoms with E-state index in [0.717, 1.165) is 5.56 Å². The predicted octanol–water partition coefficient (Wildman–Crippen LogP) is 1.31. The topological polar surface area (TPSA) is 63.3 Å². The molecule has 70 valence electrons. The molecular formula is C9H11NO2S. The smallest absolute Gasteiger partial charge is 0.335 e. The molecule has 1 aromatic carbocycles. The van der Waals surface area contributed by atoms with E-state index in [1.807, 2.05) is 0 Å². The molecule has 0 aromatic heterocycles. The summed E-state index contributed by atoms with van der Waals surface area (Å²) >= 11 is 4.05. The second-order valence-electron chi connectivity index (χ2n) is 2.72. The van der Waals surface area contributed by atoms with Gasteiger partial charge in [-0.1, -0.05) is 12.1 Å². The molecule has 13 heavy (non-hydrogen) atoms. The normalized spacial score (nSPS) is 12.5. The van der Waals surface area contributed by atoms with Gasteiger partial charge in [0, 0.05) is 11.8 Å². The van der Waals surface area contributed by atoms with E-state index in [9.17, 15) is 4.79 Å². The zero-order valence-corrected chi connectivity index (χ0v) is 7.87. The molecule has 0 radical (unpaired) electrons. The molecule has 0 fully saturated rings. The van der Waals surface area contributed by atoms with E-state index in [-0.39, 0.29) is 11.6 Å². The Morgan fingerprint density at radius 1 is 1.46 bits per heavy atom. The minimum Gasteiger partial charge on any atom is -0.478 e. The van der Waals surface area contributed by atoms with Crippen LogP contribution in [0.25, 0.3) is 0 Å². The van der Waals surface area contributed by atoms with Crippen molar-refractivity contribution < 1.29 is 9.90 Å². The highest BCUT2D eigenvalue weighted by molar-refractivity contribution is 7.80. The van der Waals surface area contributed by atoms with Gasteiger partial charge in [0.1, 0.15) is 0 Å². The Bertz CT molecular complexity index is 297. The Hall–Kier alpha value is -1.00. The number of hydrogen-bond donors (Lipinski definition) is 3. The van der Waals surface area contributed by atoms with Crippen LogP contribution in [0.1, 0.15) is 22.0 Å². The van der Waals surface area contributed by atoms with Gasteiger partial charge in [0.25, 0.3) is 0 Å². The zero-order valence-electron chi connectivity index (χ0n) is 6.97. The minimum atomic E-state index is -0.925. The first-order chi connectivity index (χ1) is 6.15. The van der Waals surface area contributed by atoms with Crippen LogP contribution in [0.3, 0.4) is 0 Å². The molecule has 0 amide bonds. The summed E-state index contributed by atoms with van der Waals surface area (Å²) in [5.41, 5.74) is 6.87. The van der Waals surface area contributed by atoms with Gasteiger partial charge >= 0.3 is 5.97 Å². The Kier molecular flexibility index (Phi) is 3.33. The number of carbonyl (C=O) groups is 1. The number of nitrogens with two attached hydrogens (primary N) is 1. The van der Waals surface area contributed by atoms with Crippen LogP contribution in [0.15, 0.2) is 24.3 Å². The lowest BCUT2D eigenvalue weighted by Gasteiger charge is -2.07. The largest absolute Gasteiger partial charge is 0.478 e. The maximum Gasteiger partial charge on any atom is 0.335 e. The van der Waals surface area contributed by atoms with Gasteiger partial charge in [0.15, 0.2) is 0 Å². The van der Waals surface area contributed by atoms with E-state index < -0.39 is 5.97 Å². The molecule has 1 aromatic rings. The molecule has 0 aliphatic heterocycles. The summed E-state index contributed by atoms with van der Waals surface area (Å²) in [5.74, 6) is -0.377. The number of rotatable bonds is 3. The highest BCUT2D eigenvalue weighted by Gasteiger charge is 2.05. The van der Waals surface area contributed by atoms with E-state index >= 15 is 0 Å². The molecule has 0 heterocycles. The number of benzene rings is 1. The van der Waals surface area contributed by atoms with E-state index in [4.69, 9.17) is 10.8 Å². The van der Waals surface area contributed by atoms with Gasteiger partial charge in [0.05, 0.1) is 5.56 Å². The van der Waals surface area contributed by atoms with Crippen molar-refractivity contribution in [3.63, 3.8) is 0 Å². The molecule has 0 saturated carbocycles. The van der Waals surface area contributed by atoms with E-state index in [1.54, 1.807) is 24.3 Å². The Labute approximate surface area is 82.0 Å². The lowest BCUT2D eigenvalue weighted by Crippen LogP contribution is -2.11. The Balaban J connectivity index is 2.87. The maximum atomic E-state index is 10.5. The van der Waals surface area contributed by atoms with Gasteiger partial charge in [-0.25, -0.2) is 4.79 Å². The van der Waals surface area contributed by atoms with Crippen LogP contribution in [0.2, 0.25) is 0 Å². The average molecular weight is 197 g/mol. The summed E-state index contributed by atoms with van der Waals surface area (Å²) < 4.78 is 0. The fourth-order valence-electron chi connectivity index (χ4n) is 0.978. The van der Waals surface area contributed by atoms with Crippen LogP contribution >= 0.6 is 12.6 Å². The Morgan fingerprint density at radius 2 is 2.00 bits per heavy atom. The molecular weight excluding hydrogens is 186 g/mol. The van der Waals surface area contributed by atoms with Crippen molar-refractivity contribution in [2.45, 2.75) is 6.04 Å². The monoisotopic (exact) mass is 197 g/mol.